The normalized spacial score (nSPS) is 10.6. The highest BCUT2D eigenvalue weighted by molar-refractivity contribution is 5.93. The van der Waals surface area contributed by atoms with Crippen molar-refractivity contribution in [3.8, 4) is 0 Å². The Bertz CT molecular complexity index is 692. The molecule has 5 nitrogen and oxygen atoms in total. The number of nitrogens with one attached hydrogen (secondary N) is 1. The molecule has 5 heteroatoms. The fourth-order valence-electron chi connectivity index (χ4n) is 2.12. The van der Waals surface area contributed by atoms with E-state index < -0.39 is 0 Å². The average molecular weight is 285 g/mol. The Morgan fingerprint density at radius 2 is 2.10 bits per heavy atom. The van der Waals surface area contributed by atoms with Gasteiger partial charge in [0.15, 0.2) is 5.43 Å². The highest BCUT2D eigenvalue weighted by Gasteiger charge is 2.21. The molecule has 0 aliphatic rings. The molecule has 0 radical (unpaired) electrons. The number of benzene rings is 1. The fraction of sp³-hybridized carbons (Fsp3) is 0.250. The summed E-state index contributed by atoms with van der Waals surface area (Å²) < 4.78 is 0. The first-order valence-corrected chi connectivity index (χ1v) is 6.81. The van der Waals surface area contributed by atoms with Gasteiger partial charge < -0.3 is 15.6 Å². The van der Waals surface area contributed by atoms with Crippen molar-refractivity contribution in [1.82, 2.24) is 9.88 Å². The lowest BCUT2D eigenvalue weighted by Crippen LogP contribution is -2.38. The van der Waals surface area contributed by atoms with E-state index in [2.05, 4.69) is 4.98 Å². The second kappa shape index (κ2) is 6.26. The molecule has 1 heterocycles. The number of pyridine rings is 1. The predicted molar refractivity (Wildman–Crippen MR) is 82.9 cm³/mol. The van der Waals surface area contributed by atoms with E-state index in [0.29, 0.717) is 12.2 Å². The fourth-order valence-corrected chi connectivity index (χ4v) is 2.12. The minimum atomic E-state index is -0.283. The maximum atomic E-state index is 12.6. The molecule has 21 heavy (non-hydrogen) atoms. The van der Waals surface area contributed by atoms with Crippen LogP contribution in [0.5, 0.6) is 0 Å². The van der Waals surface area contributed by atoms with Crippen LogP contribution in [0.1, 0.15) is 29.8 Å². The first-order chi connectivity index (χ1) is 9.99. The molecular formula is C16H19N3O2. The van der Waals surface area contributed by atoms with Crippen molar-refractivity contribution in [3.63, 3.8) is 0 Å². The third kappa shape index (κ3) is 3.51. The highest BCUT2D eigenvalue weighted by Crippen LogP contribution is 2.13. The van der Waals surface area contributed by atoms with Crippen molar-refractivity contribution < 1.29 is 4.79 Å². The van der Waals surface area contributed by atoms with Gasteiger partial charge in [-0.05, 0) is 31.5 Å². The van der Waals surface area contributed by atoms with Gasteiger partial charge in [0.25, 0.3) is 5.91 Å². The van der Waals surface area contributed by atoms with Crippen LogP contribution in [-0.4, -0.2) is 21.8 Å². The van der Waals surface area contributed by atoms with Gasteiger partial charge >= 0.3 is 0 Å². The third-order valence-electron chi connectivity index (χ3n) is 3.24. The van der Waals surface area contributed by atoms with E-state index in [-0.39, 0.29) is 22.9 Å². The van der Waals surface area contributed by atoms with Gasteiger partial charge in [0.05, 0.1) is 0 Å². The highest BCUT2D eigenvalue weighted by atomic mass is 16.2. The van der Waals surface area contributed by atoms with Gasteiger partial charge in [-0.15, -0.1) is 0 Å². The van der Waals surface area contributed by atoms with Gasteiger partial charge in [-0.2, -0.15) is 0 Å². The number of nitrogens with two attached hydrogens (primary N) is 1. The van der Waals surface area contributed by atoms with Gasteiger partial charge in [0, 0.05) is 36.7 Å². The summed E-state index contributed by atoms with van der Waals surface area (Å²) in [5.41, 5.74) is 7.22. The van der Waals surface area contributed by atoms with Gasteiger partial charge in [-0.25, -0.2) is 0 Å². The molecule has 0 saturated heterocycles. The lowest BCUT2D eigenvalue weighted by atomic mass is 10.1. The molecule has 0 atom stereocenters. The monoisotopic (exact) mass is 285 g/mol. The number of hydrogen-bond acceptors (Lipinski definition) is 3. The minimum absolute atomic E-state index is 0.0291. The Labute approximate surface area is 123 Å². The predicted octanol–water partition coefficient (Wildman–Crippen LogP) is 2.01. The Morgan fingerprint density at radius 1 is 1.33 bits per heavy atom. The van der Waals surface area contributed by atoms with E-state index in [0.717, 1.165) is 5.56 Å². The summed E-state index contributed by atoms with van der Waals surface area (Å²) in [6.45, 7) is 4.25. The maximum Gasteiger partial charge on any atom is 0.259 e. The zero-order valence-corrected chi connectivity index (χ0v) is 12.2. The molecule has 1 aromatic heterocycles. The summed E-state index contributed by atoms with van der Waals surface area (Å²) >= 11 is 0. The molecule has 2 aromatic rings. The summed E-state index contributed by atoms with van der Waals surface area (Å²) in [5.74, 6) is -0.283. The van der Waals surface area contributed by atoms with E-state index in [4.69, 9.17) is 5.73 Å². The average Bonchev–Trinajstić information content (AvgIpc) is 2.44. The minimum Gasteiger partial charge on any atom is -0.399 e. The van der Waals surface area contributed by atoms with Crippen LogP contribution in [0.25, 0.3) is 0 Å². The Balaban J connectivity index is 2.29. The van der Waals surface area contributed by atoms with Crippen LogP contribution in [0.4, 0.5) is 5.69 Å². The molecular weight excluding hydrogens is 266 g/mol. The maximum absolute atomic E-state index is 12.6. The summed E-state index contributed by atoms with van der Waals surface area (Å²) in [7, 11) is 0. The smallest absolute Gasteiger partial charge is 0.259 e. The molecule has 0 bridgehead atoms. The van der Waals surface area contributed by atoms with Crippen LogP contribution >= 0.6 is 0 Å². The topological polar surface area (TPSA) is 79.2 Å². The van der Waals surface area contributed by atoms with E-state index in [1.807, 2.05) is 32.0 Å². The molecule has 1 aromatic carbocycles. The molecule has 0 spiro atoms. The van der Waals surface area contributed by atoms with E-state index in [1.165, 1.54) is 18.5 Å². The largest absolute Gasteiger partial charge is 0.399 e. The van der Waals surface area contributed by atoms with E-state index in [9.17, 15) is 9.59 Å². The SMILES string of the molecule is CC(C)N(Cc1cccc(N)c1)C(=O)c1c[nH]ccc1=O. The number of amides is 1. The quantitative estimate of drug-likeness (QED) is 0.843. The molecule has 110 valence electrons. The zero-order valence-electron chi connectivity index (χ0n) is 12.2. The lowest BCUT2D eigenvalue weighted by molar-refractivity contribution is 0.0688. The first kappa shape index (κ1) is 14.8. The number of nitrogen functional groups attached to an aromatic ring is 1. The van der Waals surface area contributed by atoms with Crippen molar-refractivity contribution in [2.45, 2.75) is 26.4 Å². The number of aromatic amines is 1. The van der Waals surface area contributed by atoms with Gasteiger partial charge in [-0.1, -0.05) is 12.1 Å². The second-order valence-electron chi connectivity index (χ2n) is 5.19. The Hall–Kier alpha value is -2.56. The second-order valence-corrected chi connectivity index (χ2v) is 5.19. The zero-order chi connectivity index (χ0) is 15.4. The van der Waals surface area contributed by atoms with Crippen LogP contribution in [-0.2, 0) is 6.54 Å². The number of aromatic nitrogens is 1. The van der Waals surface area contributed by atoms with Crippen LogP contribution in [0.2, 0.25) is 0 Å². The number of hydrogen-bond donors (Lipinski definition) is 2. The van der Waals surface area contributed by atoms with Gasteiger partial charge in [0.1, 0.15) is 5.56 Å². The summed E-state index contributed by atoms with van der Waals surface area (Å²) in [6.07, 6.45) is 2.95. The summed E-state index contributed by atoms with van der Waals surface area (Å²) in [4.78, 5) is 28.8. The van der Waals surface area contributed by atoms with Crippen molar-refractivity contribution >= 4 is 11.6 Å². The molecule has 1 amide bonds. The van der Waals surface area contributed by atoms with Crippen LogP contribution < -0.4 is 11.2 Å². The molecule has 0 saturated carbocycles. The molecule has 0 unspecified atom stereocenters. The molecule has 3 N–H and O–H groups in total. The van der Waals surface area contributed by atoms with Crippen LogP contribution in [0, 0.1) is 0 Å². The van der Waals surface area contributed by atoms with Crippen molar-refractivity contribution in [3.05, 3.63) is 64.1 Å². The van der Waals surface area contributed by atoms with Crippen molar-refractivity contribution in [1.29, 1.82) is 0 Å². The number of carbonyl (C=O) groups excluding carboxylic acids is 1. The van der Waals surface area contributed by atoms with Crippen molar-refractivity contribution in [2.24, 2.45) is 0 Å². The van der Waals surface area contributed by atoms with E-state index >= 15 is 0 Å². The third-order valence-corrected chi connectivity index (χ3v) is 3.24. The molecule has 0 aliphatic carbocycles. The van der Waals surface area contributed by atoms with E-state index in [1.54, 1.807) is 11.0 Å². The standard InChI is InChI=1S/C16H19N3O2/c1-11(2)19(10-12-4-3-5-13(17)8-12)16(21)14-9-18-7-6-15(14)20/h3-9,11H,10,17H2,1-2H3,(H,18,20). The number of anilines is 1. The van der Waals surface area contributed by atoms with Crippen molar-refractivity contribution in [2.75, 3.05) is 5.73 Å². The number of rotatable bonds is 4. The van der Waals surface area contributed by atoms with Gasteiger partial charge in [-0.3, -0.25) is 9.59 Å². The number of nitrogens with zero attached hydrogens (tertiary/aromatic N) is 1. The summed E-state index contributed by atoms with van der Waals surface area (Å²) in [6, 6.07) is 8.72. The van der Waals surface area contributed by atoms with Crippen LogP contribution in [0.15, 0.2) is 47.5 Å². The first-order valence-electron chi connectivity index (χ1n) is 6.81. The Kier molecular flexibility index (Phi) is 4.42. The number of carbonyl (C=O) groups is 1. The summed E-state index contributed by atoms with van der Waals surface area (Å²) in [5, 5.41) is 0. The van der Waals surface area contributed by atoms with Gasteiger partial charge in [0.2, 0.25) is 0 Å². The molecule has 0 fully saturated rings. The Morgan fingerprint density at radius 3 is 2.71 bits per heavy atom. The van der Waals surface area contributed by atoms with Crippen LogP contribution in [0.3, 0.4) is 0 Å². The number of H-pyrrole nitrogens is 1. The molecule has 0 aliphatic heterocycles. The lowest BCUT2D eigenvalue weighted by Gasteiger charge is -2.26. The molecule has 2 rings (SSSR count).